The lowest BCUT2D eigenvalue weighted by atomic mass is 10.1. The largest absolute Gasteiger partial charge is 0.378 e. The van der Waals surface area contributed by atoms with Crippen molar-refractivity contribution < 1.29 is 4.74 Å². The van der Waals surface area contributed by atoms with Gasteiger partial charge in [0.05, 0.1) is 18.6 Å². The molecule has 0 atom stereocenters. The van der Waals surface area contributed by atoms with Gasteiger partial charge in [-0.05, 0) is 18.1 Å². The van der Waals surface area contributed by atoms with Crippen molar-refractivity contribution in [3.05, 3.63) is 34.8 Å². The number of pyridine rings is 1. The number of thiophene rings is 1. The molecular formula is C21H23N5OS. The van der Waals surface area contributed by atoms with Gasteiger partial charge in [-0.1, -0.05) is 26.0 Å². The number of hydrogen-bond acceptors (Lipinski definition) is 7. The molecule has 0 radical (unpaired) electrons. The zero-order chi connectivity index (χ0) is 19.1. The Kier molecular flexibility index (Phi) is 4.49. The van der Waals surface area contributed by atoms with Crippen LogP contribution in [0.5, 0.6) is 0 Å². The van der Waals surface area contributed by atoms with E-state index in [1.54, 1.807) is 11.3 Å². The minimum atomic E-state index is 0.474. The first-order valence-electron chi connectivity index (χ1n) is 9.74. The number of fused-ring (bicyclic) bond motifs is 2. The molecule has 1 fully saturated rings. The lowest BCUT2D eigenvalue weighted by Gasteiger charge is -2.28. The Balaban J connectivity index is 1.66. The first-order chi connectivity index (χ1) is 13.7. The van der Waals surface area contributed by atoms with Crippen LogP contribution < -0.4 is 10.2 Å². The summed E-state index contributed by atoms with van der Waals surface area (Å²) in [7, 11) is 0. The smallest absolute Gasteiger partial charge is 0.164 e. The number of morpholine rings is 1. The number of hydrogen-bond donors (Lipinski definition) is 1. The van der Waals surface area contributed by atoms with E-state index in [4.69, 9.17) is 14.7 Å². The van der Waals surface area contributed by atoms with Crippen molar-refractivity contribution in [1.29, 1.82) is 0 Å². The van der Waals surface area contributed by atoms with Crippen LogP contribution in [-0.4, -0.2) is 47.8 Å². The molecule has 28 heavy (non-hydrogen) atoms. The summed E-state index contributed by atoms with van der Waals surface area (Å²) in [6.45, 7) is 8.44. The molecule has 0 unspecified atom stereocenters. The van der Waals surface area contributed by atoms with Gasteiger partial charge in [0.15, 0.2) is 5.82 Å². The molecule has 6 nitrogen and oxygen atoms in total. The number of nitrogens with one attached hydrogen (secondary N) is 1. The fourth-order valence-electron chi connectivity index (χ4n) is 3.58. The van der Waals surface area contributed by atoms with Gasteiger partial charge >= 0.3 is 0 Å². The van der Waals surface area contributed by atoms with Gasteiger partial charge in [0, 0.05) is 41.8 Å². The number of anilines is 2. The fourth-order valence-corrected chi connectivity index (χ4v) is 4.60. The van der Waals surface area contributed by atoms with Crippen molar-refractivity contribution in [2.24, 2.45) is 0 Å². The Labute approximate surface area is 168 Å². The van der Waals surface area contributed by atoms with Crippen molar-refractivity contribution in [2.75, 3.05) is 43.1 Å². The quantitative estimate of drug-likeness (QED) is 0.721. The van der Waals surface area contributed by atoms with Crippen LogP contribution in [0.3, 0.4) is 0 Å². The molecule has 2 aliphatic heterocycles. The third-order valence-electron chi connectivity index (χ3n) is 5.13. The second-order valence-corrected chi connectivity index (χ2v) is 8.50. The van der Waals surface area contributed by atoms with Gasteiger partial charge in [-0.15, -0.1) is 11.3 Å². The lowest BCUT2D eigenvalue weighted by molar-refractivity contribution is 0.122. The SMILES string of the molecule is CC(C)c1cc2c(N3CCOCC3)nc(-c3cnc4c(c3)C=CCN4)nc2s1. The molecule has 0 spiro atoms. The standard InChI is InChI=1S/C21H23N5OS/c1-13(2)17-11-16-20(26-6-8-27-9-7-26)24-19(25-21(16)28-17)15-10-14-4-3-5-22-18(14)23-12-15/h3-4,10-13H,5-9H2,1-2H3,(H,22,23). The minimum Gasteiger partial charge on any atom is -0.378 e. The summed E-state index contributed by atoms with van der Waals surface area (Å²) in [5.41, 5.74) is 2.03. The molecule has 0 aliphatic carbocycles. The normalized spacial score (nSPS) is 16.5. The molecule has 0 aromatic carbocycles. The van der Waals surface area contributed by atoms with Crippen LogP contribution in [0.15, 0.2) is 24.4 Å². The average Bonchev–Trinajstić information content (AvgIpc) is 3.18. The summed E-state index contributed by atoms with van der Waals surface area (Å²) < 4.78 is 5.55. The van der Waals surface area contributed by atoms with Gasteiger partial charge in [-0.3, -0.25) is 0 Å². The van der Waals surface area contributed by atoms with E-state index in [9.17, 15) is 0 Å². The Hall–Kier alpha value is -2.51. The first-order valence-corrected chi connectivity index (χ1v) is 10.6. The molecule has 1 saturated heterocycles. The Bertz CT molecular complexity index is 1050. The van der Waals surface area contributed by atoms with Gasteiger partial charge < -0.3 is 15.0 Å². The minimum absolute atomic E-state index is 0.474. The Morgan fingerprint density at radius 2 is 2.04 bits per heavy atom. The topological polar surface area (TPSA) is 63.2 Å². The molecule has 144 valence electrons. The number of rotatable bonds is 3. The third kappa shape index (κ3) is 3.14. The number of nitrogens with zero attached hydrogens (tertiary/aromatic N) is 4. The van der Waals surface area contributed by atoms with E-state index in [1.807, 2.05) is 6.20 Å². The van der Waals surface area contributed by atoms with Crippen molar-refractivity contribution in [3.8, 4) is 11.4 Å². The highest BCUT2D eigenvalue weighted by Crippen LogP contribution is 2.36. The molecule has 5 rings (SSSR count). The summed E-state index contributed by atoms with van der Waals surface area (Å²) in [6.07, 6.45) is 6.07. The maximum atomic E-state index is 5.55. The van der Waals surface area contributed by atoms with Crippen molar-refractivity contribution in [3.63, 3.8) is 0 Å². The monoisotopic (exact) mass is 393 g/mol. The van der Waals surface area contributed by atoms with Crippen LogP contribution in [0, 0.1) is 0 Å². The average molecular weight is 394 g/mol. The molecule has 3 aromatic rings. The first kappa shape index (κ1) is 17.6. The van der Waals surface area contributed by atoms with Crippen LogP contribution in [-0.2, 0) is 4.74 Å². The number of ether oxygens (including phenoxy) is 1. The Morgan fingerprint density at radius 1 is 1.18 bits per heavy atom. The van der Waals surface area contributed by atoms with Crippen LogP contribution in [0.4, 0.5) is 11.6 Å². The second-order valence-electron chi connectivity index (χ2n) is 7.44. The van der Waals surface area contributed by atoms with Gasteiger partial charge in [-0.25, -0.2) is 15.0 Å². The highest BCUT2D eigenvalue weighted by Gasteiger charge is 2.21. The molecule has 0 saturated carbocycles. The van der Waals surface area contributed by atoms with Gasteiger partial charge in [-0.2, -0.15) is 0 Å². The van der Waals surface area contributed by atoms with Crippen LogP contribution >= 0.6 is 11.3 Å². The van der Waals surface area contributed by atoms with Crippen LogP contribution in [0.25, 0.3) is 27.7 Å². The molecule has 3 aromatic heterocycles. The number of aromatic nitrogens is 3. The molecule has 7 heteroatoms. The van der Waals surface area contributed by atoms with E-state index >= 15 is 0 Å². The summed E-state index contributed by atoms with van der Waals surface area (Å²) in [4.78, 5) is 19.2. The van der Waals surface area contributed by atoms with Gasteiger partial charge in [0.2, 0.25) is 0 Å². The van der Waals surface area contributed by atoms with Crippen LogP contribution in [0.2, 0.25) is 0 Å². The maximum Gasteiger partial charge on any atom is 0.164 e. The van der Waals surface area contributed by atoms with E-state index in [0.717, 1.165) is 71.7 Å². The van der Waals surface area contributed by atoms with E-state index in [-0.39, 0.29) is 0 Å². The molecule has 1 N–H and O–H groups in total. The maximum absolute atomic E-state index is 5.55. The zero-order valence-corrected chi connectivity index (χ0v) is 16.9. The molecule has 0 bridgehead atoms. The van der Waals surface area contributed by atoms with Gasteiger partial charge in [0.25, 0.3) is 0 Å². The van der Waals surface area contributed by atoms with Crippen molar-refractivity contribution in [2.45, 2.75) is 19.8 Å². The lowest BCUT2D eigenvalue weighted by Crippen LogP contribution is -2.37. The summed E-state index contributed by atoms with van der Waals surface area (Å²) in [6, 6.07) is 4.38. The highest BCUT2D eigenvalue weighted by atomic mass is 32.1. The summed E-state index contributed by atoms with van der Waals surface area (Å²) in [5.74, 6) is 3.14. The van der Waals surface area contributed by atoms with E-state index in [1.165, 1.54) is 4.88 Å². The fraction of sp³-hybridized carbons (Fsp3) is 0.381. The summed E-state index contributed by atoms with van der Waals surface area (Å²) in [5, 5.41) is 4.44. The molecular weight excluding hydrogens is 370 g/mol. The van der Waals surface area contributed by atoms with Gasteiger partial charge in [0.1, 0.15) is 16.5 Å². The second kappa shape index (κ2) is 7.14. The van der Waals surface area contributed by atoms with Crippen LogP contribution in [0.1, 0.15) is 30.2 Å². The van der Waals surface area contributed by atoms with Crippen molar-refractivity contribution in [1.82, 2.24) is 15.0 Å². The van der Waals surface area contributed by atoms with E-state index in [2.05, 4.69) is 53.3 Å². The molecule has 2 aliphatic rings. The van der Waals surface area contributed by atoms with E-state index < -0.39 is 0 Å². The van der Waals surface area contributed by atoms with E-state index in [0.29, 0.717) is 5.92 Å². The molecule has 0 amide bonds. The predicted molar refractivity (Wildman–Crippen MR) is 115 cm³/mol. The third-order valence-corrected chi connectivity index (χ3v) is 6.46. The molecule has 5 heterocycles. The Morgan fingerprint density at radius 3 is 2.86 bits per heavy atom. The van der Waals surface area contributed by atoms with Crippen molar-refractivity contribution >= 4 is 39.3 Å². The highest BCUT2D eigenvalue weighted by molar-refractivity contribution is 7.18. The summed E-state index contributed by atoms with van der Waals surface area (Å²) >= 11 is 1.77. The predicted octanol–water partition coefficient (Wildman–Crippen LogP) is 4.15. The zero-order valence-electron chi connectivity index (χ0n) is 16.1.